The number of carbonyl (C=O) groups is 1. The van der Waals surface area contributed by atoms with Crippen LogP contribution < -0.4 is 10.5 Å². The molecule has 6 nitrogen and oxygen atoms in total. The molecule has 6 heteroatoms. The van der Waals surface area contributed by atoms with Crippen LogP contribution in [0.1, 0.15) is 15.9 Å². The minimum absolute atomic E-state index is 0.124. The molecule has 0 aliphatic carbocycles. The van der Waals surface area contributed by atoms with Gasteiger partial charge in [-0.2, -0.15) is 5.10 Å². The number of hydrogen-bond donors (Lipinski definition) is 1. The van der Waals surface area contributed by atoms with E-state index in [4.69, 9.17) is 0 Å². The second-order valence-electron chi connectivity index (χ2n) is 4.51. The van der Waals surface area contributed by atoms with Gasteiger partial charge in [-0.1, -0.05) is 24.3 Å². The average Bonchev–Trinajstić information content (AvgIpc) is 2.55. The minimum atomic E-state index is -1.20. The smallest absolute Gasteiger partial charge is 0.0975 e. The van der Waals surface area contributed by atoms with E-state index in [9.17, 15) is 9.90 Å². The van der Waals surface area contributed by atoms with Gasteiger partial charge in [0.15, 0.2) is 0 Å². The lowest BCUT2D eigenvalue weighted by atomic mass is 10.2. The summed E-state index contributed by atoms with van der Waals surface area (Å²) in [5, 5.41) is 14.8. The summed E-state index contributed by atoms with van der Waals surface area (Å²) in [5.74, 6) is -1.20. The first-order valence-corrected chi connectivity index (χ1v) is 6.54. The Morgan fingerprint density at radius 2 is 1.86 bits per heavy atom. The third kappa shape index (κ3) is 2.90. The Morgan fingerprint density at radius 1 is 1.09 bits per heavy atom. The van der Waals surface area contributed by atoms with Gasteiger partial charge in [0.2, 0.25) is 0 Å². The third-order valence-corrected chi connectivity index (χ3v) is 3.05. The highest BCUT2D eigenvalue weighted by Crippen LogP contribution is 2.12. The van der Waals surface area contributed by atoms with Crippen LogP contribution in [0.15, 0.2) is 60.0 Å². The number of hydrazone groups is 1. The van der Waals surface area contributed by atoms with Gasteiger partial charge >= 0.3 is 0 Å². The van der Waals surface area contributed by atoms with Gasteiger partial charge in [0, 0.05) is 18.0 Å². The fraction of sp³-hybridized carbons (Fsp3) is 0. The van der Waals surface area contributed by atoms with E-state index in [2.05, 4.69) is 20.5 Å². The number of fused-ring (bicyclic) bond motifs is 1. The van der Waals surface area contributed by atoms with E-state index in [0.717, 1.165) is 16.6 Å². The molecule has 1 heterocycles. The Labute approximate surface area is 126 Å². The zero-order chi connectivity index (χ0) is 15.4. The van der Waals surface area contributed by atoms with Gasteiger partial charge in [0.1, 0.15) is 0 Å². The summed E-state index contributed by atoms with van der Waals surface area (Å²) >= 11 is 0. The maximum Gasteiger partial charge on any atom is 0.0975 e. The van der Waals surface area contributed by atoms with Crippen LogP contribution in [-0.2, 0) is 0 Å². The predicted octanol–water partition coefficient (Wildman–Crippen LogP) is 1.44. The van der Waals surface area contributed by atoms with E-state index in [1.54, 1.807) is 30.7 Å². The molecule has 0 spiro atoms. The lowest BCUT2D eigenvalue weighted by Gasteiger charge is -2.04. The summed E-state index contributed by atoms with van der Waals surface area (Å²) in [7, 11) is 0. The van der Waals surface area contributed by atoms with Gasteiger partial charge in [-0.25, -0.2) is 0 Å². The molecule has 1 N–H and O–H groups in total. The fourth-order valence-corrected chi connectivity index (χ4v) is 1.98. The minimum Gasteiger partial charge on any atom is -0.545 e. The van der Waals surface area contributed by atoms with Crippen molar-refractivity contribution in [2.75, 3.05) is 5.43 Å². The molecule has 0 unspecified atom stereocenters. The molecule has 0 saturated carbocycles. The van der Waals surface area contributed by atoms with Gasteiger partial charge in [0.25, 0.3) is 0 Å². The molecule has 22 heavy (non-hydrogen) atoms. The van der Waals surface area contributed by atoms with Crippen molar-refractivity contribution in [2.45, 2.75) is 0 Å². The van der Waals surface area contributed by atoms with Crippen LogP contribution in [0.25, 0.3) is 11.0 Å². The van der Waals surface area contributed by atoms with Crippen molar-refractivity contribution in [3.05, 3.63) is 66.0 Å². The highest BCUT2D eigenvalue weighted by atomic mass is 16.4. The second-order valence-corrected chi connectivity index (χ2v) is 4.51. The molecule has 3 rings (SSSR count). The normalized spacial score (nSPS) is 10.9. The Kier molecular flexibility index (Phi) is 3.74. The standard InChI is InChI=1S/C16H12N4O2/c21-16(22)11-4-6-13(7-5-11)20-19-10-12-2-1-3-14-15(12)18-9-8-17-14/h1-10,20H,(H,21,22)/p-1/b19-10-. The summed E-state index contributed by atoms with van der Waals surface area (Å²) < 4.78 is 0. The number of nitrogens with one attached hydrogen (secondary N) is 1. The first-order chi connectivity index (χ1) is 10.7. The summed E-state index contributed by atoms with van der Waals surface area (Å²) in [4.78, 5) is 19.2. The van der Waals surface area contributed by atoms with Gasteiger partial charge in [-0.05, 0) is 23.8 Å². The highest BCUT2D eigenvalue weighted by Gasteiger charge is 1.99. The largest absolute Gasteiger partial charge is 0.545 e. The molecule has 0 aliphatic heterocycles. The molecule has 0 radical (unpaired) electrons. The number of carbonyl (C=O) groups excluding carboxylic acids is 1. The van der Waals surface area contributed by atoms with Crippen molar-refractivity contribution in [1.29, 1.82) is 0 Å². The van der Waals surface area contributed by atoms with Gasteiger partial charge < -0.3 is 9.90 Å². The molecule has 0 saturated heterocycles. The average molecular weight is 291 g/mol. The van der Waals surface area contributed by atoms with E-state index in [0.29, 0.717) is 5.69 Å². The van der Waals surface area contributed by atoms with Crippen molar-refractivity contribution < 1.29 is 9.90 Å². The molecular formula is C16H11N4O2-. The van der Waals surface area contributed by atoms with Gasteiger partial charge in [-0.3, -0.25) is 15.4 Å². The molecule has 2 aromatic carbocycles. The van der Waals surface area contributed by atoms with E-state index >= 15 is 0 Å². The molecule has 0 fully saturated rings. The zero-order valence-electron chi connectivity index (χ0n) is 11.4. The number of rotatable bonds is 4. The Morgan fingerprint density at radius 3 is 2.64 bits per heavy atom. The number of aromatic carboxylic acids is 1. The first kappa shape index (κ1) is 13.7. The maximum atomic E-state index is 10.7. The highest BCUT2D eigenvalue weighted by molar-refractivity contribution is 5.96. The van der Waals surface area contributed by atoms with E-state index < -0.39 is 5.97 Å². The third-order valence-electron chi connectivity index (χ3n) is 3.05. The quantitative estimate of drug-likeness (QED) is 0.580. The van der Waals surface area contributed by atoms with Crippen molar-refractivity contribution in [1.82, 2.24) is 9.97 Å². The van der Waals surface area contributed by atoms with Crippen LogP contribution in [-0.4, -0.2) is 22.2 Å². The lowest BCUT2D eigenvalue weighted by Crippen LogP contribution is -2.21. The van der Waals surface area contributed by atoms with Crippen LogP contribution in [0, 0.1) is 0 Å². The molecule has 0 aliphatic rings. The molecule has 0 amide bonds. The fourth-order valence-electron chi connectivity index (χ4n) is 1.98. The number of para-hydroxylation sites is 1. The van der Waals surface area contributed by atoms with E-state index in [1.165, 1.54) is 12.1 Å². The maximum absolute atomic E-state index is 10.7. The number of nitrogens with zero attached hydrogens (tertiary/aromatic N) is 3. The van der Waals surface area contributed by atoms with Crippen LogP contribution in [0.5, 0.6) is 0 Å². The van der Waals surface area contributed by atoms with Crippen molar-refractivity contribution in [3.63, 3.8) is 0 Å². The Hall–Kier alpha value is -3.28. The van der Waals surface area contributed by atoms with E-state index in [1.807, 2.05) is 18.2 Å². The zero-order valence-corrected chi connectivity index (χ0v) is 11.4. The lowest BCUT2D eigenvalue weighted by molar-refractivity contribution is -0.255. The number of carboxylic acid groups (broad SMARTS) is 1. The van der Waals surface area contributed by atoms with Crippen LogP contribution in [0.3, 0.4) is 0 Å². The number of hydrogen-bond acceptors (Lipinski definition) is 6. The summed E-state index contributed by atoms with van der Waals surface area (Å²) in [6, 6.07) is 11.8. The first-order valence-electron chi connectivity index (χ1n) is 6.54. The molecule has 0 bridgehead atoms. The van der Waals surface area contributed by atoms with E-state index in [-0.39, 0.29) is 5.56 Å². The summed E-state index contributed by atoms with van der Waals surface area (Å²) in [6.45, 7) is 0. The van der Waals surface area contributed by atoms with Crippen molar-refractivity contribution in [2.24, 2.45) is 5.10 Å². The molecular weight excluding hydrogens is 280 g/mol. The molecule has 3 aromatic rings. The van der Waals surface area contributed by atoms with Crippen LogP contribution >= 0.6 is 0 Å². The molecule has 0 atom stereocenters. The number of carboxylic acids is 1. The number of anilines is 1. The summed E-state index contributed by atoms with van der Waals surface area (Å²) in [5.41, 5.74) is 6.03. The SMILES string of the molecule is O=C([O-])c1ccc(N/N=C\c2cccc3nccnc23)cc1. The Balaban J connectivity index is 1.77. The van der Waals surface area contributed by atoms with Crippen LogP contribution in [0.4, 0.5) is 5.69 Å². The Bertz CT molecular complexity index is 839. The summed E-state index contributed by atoms with van der Waals surface area (Å²) in [6.07, 6.45) is 4.91. The monoisotopic (exact) mass is 291 g/mol. The van der Waals surface area contributed by atoms with Crippen molar-refractivity contribution in [3.8, 4) is 0 Å². The predicted molar refractivity (Wildman–Crippen MR) is 81.5 cm³/mol. The van der Waals surface area contributed by atoms with Gasteiger partial charge in [-0.15, -0.1) is 0 Å². The number of aromatic nitrogens is 2. The topological polar surface area (TPSA) is 90.3 Å². The van der Waals surface area contributed by atoms with Crippen molar-refractivity contribution >= 4 is 28.9 Å². The number of benzene rings is 2. The van der Waals surface area contributed by atoms with Gasteiger partial charge in [0.05, 0.1) is 28.9 Å². The molecule has 1 aromatic heterocycles. The van der Waals surface area contributed by atoms with Crippen LogP contribution in [0.2, 0.25) is 0 Å². The molecule has 108 valence electrons. The second kappa shape index (κ2) is 6.01.